The van der Waals surface area contributed by atoms with Gasteiger partial charge >= 0.3 is 18.4 Å². The molecule has 186 valence electrons. The molecule has 0 aliphatic carbocycles. The van der Waals surface area contributed by atoms with Gasteiger partial charge in [0, 0.05) is 37.4 Å². The third kappa shape index (κ3) is 5.23. The highest BCUT2D eigenvalue weighted by molar-refractivity contribution is 5.58. The van der Waals surface area contributed by atoms with Crippen molar-refractivity contribution in [1.29, 1.82) is 0 Å². The van der Waals surface area contributed by atoms with Gasteiger partial charge in [-0.1, -0.05) is 12.1 Å². The molecular weight excluding hydrogens is 478 g/mol. The first-order valence-electron chi connectivity index (χ1n) is 10.5. The van der Waals surface area contributed by atoms with Crippen LogP contribution < -0.4 is 14.5 Å². The fourth-order valence-corrected chi connectivity index (χ4v) is 3.82. The minimum atomic E-state index is -4.54. The number of hydrogen-bond donors (Lipinski definition) is 0. The highest BCUT2D eigenvalue weighted by Gasteiger charge is 2.37. The first-order valence-corrected chi connectivity index (χ1v) is 10.5. The first-order chi connectivity index (χ1) is 16.5. The second-order valence-corrected chi connectivity index (χ2v) is 7.88. The van der Waals surface area contributed by atoms with E-state index in [1.165, 1.54) is 31.5 Å². The highest BCUT2D eigenvalue weighted by Crippen LogP contribution is 2.36. The Morgan fingerprint density at radius 3 is 2.23 bits per heavy atom. The second kappa shape index (κ2) is 9.19. The molecule has 7 nitrogen and oxygen atoms in total. The van der Waals surface area contributed by atoms with E-state index in [9.17, 15) is 26.3 Å². The first kappa shape index (κ1) is 24.5. The molecular formula is C22H20F6N6O. The van der Waals surface area contributed by atoms with Crippen molar-refractivity contribution in [1.82, 2.24) is 19.9 Å². The number of nitrogens with zero attached hydrogens (tertiary/aromatic N) is 6. The summed E-state index contributed by atoms with van der Waals surface area (Å²) >= 11 is 0. The van der Waals surface area contributed by atoms with Gasteiger partial charge in [0.05, 0.1) is 18.2 Å². The quantitative estimate of drug-likeness (QED) is 0.484. The van der Waals surface area contributed by atoms with Crippen LogP contribution in [0, 0.1) is 0 Å². The monoisotopic (exact) mass is 498 g/mol. The van der Waals surface area contributed by atoms with Crippen LogP contribution in [0.2, 0.25) is 0 Å². The number of ether oxygens (including phenoxy) is 1. The molecule has 4 rings (SSSR count). The minimum absolute atomic E-state index is 0.0383. The van der Waals surface area contributed by atoms with Crippen molar-refractivity contribution in [3.63, 3.8) is 0 Å². The number of halogens is 6. The normalized spacial score (nSPS) is 17.0. The number of alkyl halides is 6. The lowest BCUT2D eigenvalue weighted by Crippen LogP contribution is -2.53. The Morgan fingerprint density at radius 2 is 1.63 bits per heavy atom. The largest absolute Gasteiger partial charge is 0.467 e. The lowest BCUT2D eigenvalue weighted by Gasteiger charge is -2.41. The summed E-state index contributed by atoms with van der Waals surface area (Å²) < 4.78 is 84.2. The maximum Gasteiger partial charge on any atom is 0.419 e. The molecule has 3 aromatic rings. The van der Waals surface area contributed by atoms with E-state index in [1.807, 2.05) is 0 Å². The summed E-state index contributed by atoms with van der Waals surface area (Å²) in [5.74, 6) is 0.167. The van der Waals surface area contributed by atoms with Crippen molar-refractivity contribution in [3.05, 3.63) is 53.7 Å². The molecule has 0 amide bonds. The van der Waals surface area contributed by atoms with E-state index in [4.69, 9.17) is 4.74 Å². The van der Waals surface area contributed by atoms with E-state index >= 15 is 0 Å². The summed E-state index contributed by atoms with van der Waals surface area (Å²) in [5.41, 5.74) is -1.29. The SMILES string of the molecule is COc1nc(-c2ccc(C(F)(F)F)cc2)nc(N2CCN(c3ncccc3C(F)(F)F)CC2C)n1. The zero-order valence-electron chi connectivity index (χ0n) is 18.6. The number of aromatic nitrogens is 4. The molecule has 1 aliphatic heterocycles. The molecule has 1 unspecified atom stereocenters. The number of anilines is 2. The Labute approximate surface area is 196 Å². The van der Waals surface area contributed by atoms with Gasteiger partial charge in [0.25, 0.3) is 0 Å². The number of piperazine rings is 1. The van der Waals surface area contributed by atoms with Gasteiger partial charge < -0.3 is 14.5 Å². The predicted molar refractivity (Wildman–Crippen MR) is 115 cm³/mol. The maximum absolute atomic E-state index is 13.4. The van der Waals surface area contributed by atoms with Crippen LogP contribution in [0.4, 0.5) is 38.1 Å². The molecule has 3 heterocycles. The van der Waals surface area contributed by atoms with Crippen molar-refractivity contribution >= 4 is 11.8 Å². The van der Waals surface area contributed by atoms with Crippen LogP contribution in [-0.2, 0) is 12.4 Å². The molecule has 0 bridgehead atoms. The summed E-state index contributed by atoms with van der Waals surface area (Å²) in [5, 5.41) is 0. The van der Waals surface area contributed by atoms with Crippen molar-refractivity contribution in [2.45, 2.75) is 25.3 Å². The van der Waals surface area contributed by atoms with Crippen LogP contribution in [0.1, 0.15) is 18.1 Å². The molecule has 1 atom stereocenters. The van der Waals surface area contributed by atoms with Gasteiger partial charge in [0.1, 0.15) is 5.82 Å². The molecule has 13 heteroatoms. The average Bonchev–Trinajstić information content (AvgIpc) is 2.82. The minimum Gasteiger partial charge on any atom is -0.467 e. The Kier molecular flexibility index (Phi) is 6.43. The third-order valence-electron chi connectivity index (χ3n) is 5.53. The Morgan fingerprint density at radius 1 is 0.914 bits per heavy atom. The van der Waals surface area contributed by atoms with Gasteiger partial charge in [-0.05, 0) is 31.2 Å². The standard InChI is InChI=1S/C22H20F6N6O/c1-13-12-33(18-16(22(26,27)28)4-3-9-29-18)10-11-34(13)19-30-17(31-20(32-19)35-2)14-5-7-15(8-6-14)21(23,24)25/h3-9,13H,10-12H2,1-2H3. The third-order valence-corrected chi connectivity index (χ3v) is 5.53. The smallest absolute Gasteiger partial charge is 0.419 e. The van der Waals surface area contributed by atoms with Crippen molar-refractivity contribution in [2.24, 2.45) is 0 Å². The fraction of sp³-hybridized carbons (Fsp3) is 0.364. The number of rotatable bonds is 4. The van der Waals surface area contributed by atoms with Crippen LogP contribution in [-0.4, -0.2) is 52.7 Å². The van der Waals surface area contributed by atoms with E-state index in [2.05, 4.69) is 19.9 Å². The molecule has 2 aromatic heterocycles. The van der Waals surface area contributed by atoms with Gasteiger partial charge in [0.2, 0.25) is 5.95 Å². The molecule has 0 N–H and O–H groups in total. The van der Waals surface area contributed by atoms with Gasteiger partial charge in [-0.3, -0.25) is 0 Å². The summed E-state index contributed by atoms with van der Waals surface area (Å²) in [6.45, 7) is 2.50. The Hall–Kier alpha value is -3.64. The van der Waals surface area contributed by atoms with Gasteiger partial charge in [-0.2, -0.15) is 41.3 Å². The van der Waals surface area contributed by atoms with E-state index in [0.717, 1.165) is 18.2 Å². The lowest BCUT2D eigenvalue weighted by molar-refractivity contribution is -0.138. The van der Waals surface area contributed by atoms with Crippen molar-refractivity contribution < 1.29 is 31.1 Å². The van der Waals surface area contributed by atoms with Crippen molar-refractivity contribution in [3.8, 4) is 17.4 Å². The molecule has 35 heavy (non-hydrogen) atoms. The predicted octanol–water partition coefficient (Wildman–Crippen LogP) is 4.69. The molecule has 1 saturated heterocycles. The van der Waals surface area contributed by atoms with Crippen LogP contribution in [0.25, 0.3) is 11.4 Å². The molecule has 0 radical (unpaired) electrons. The number of hydrogen-bond acceptors (Lipinski definition) is 7. The fourth-order valence-electron chi connectivity index (χ4n) is 3.82. The summed E-state index contributed by atoms with van der Waals surface area (Å²) in [6, 6.07) is 6.24. The molecule has 0 saturated carbocycles. The van der Waals surface area contributed by atoms with E-state index in [0.29, 0.717) is 5.56 Å². The van der Waals surface area contributed by atoms with Gasteiger partial charge in [-0.15, -0.1) is 0 Å². The van der Waals surface area contributed by atoms with Crippen LogP contribution in [0.15, 0.2) is 42.6 Å². The van der Waals surface area contributed by atoms with Crippen LogP contribution in [0.3, 0.4) is 0 Å². The summed E-state index contributed by atoms with van der Waals surface area (Å²) in [6.07, 6.45) is -7.70. The Bertz CT molecular complexity index is 1180. The lowest BCUT2D eigenvalue weighted by atomic mass is 10.1. The summed E-state index contributed by atoms with van der Waals surface area (Å²) in [4.78, 5) is 20.1. The zero-order chi connectivity index (χ0) is 25.4. The molecule has 0 spiro atoms. The van der Waals surface area contributed by atoms with Crippen LogP contribution >= 0.6 is 0 Å². The Balaban J connectivity index is 1.60. The maximum atomic E-state index is 13.4. The topological polar surface area (TPSA) is 67.3 Å². The molecule has 1 aromatic carbocycles. The van der Waals surface area contributed by atoms with E-state index in [1.54, 1.807) is 16.7 Å². The average molecular weight is 498 g/mol. The van der Waals surface area contributed by atoms with Crippen molar-refractivity contribution in [2.75, 3.05) is 36.5 Å². The molecule has 1 aliphatic rings. The summed E-state index contributed by atoms with van der Waals surface area (Å²) in [7, 11) is 1.34. The second-order valence-electron chi connectivity index (χ2n) is 7.88. The highest BCUT2D eigenvalue weighted by atomic mass is 19.4. The van der Waals surface area contributed by atoms with Crippen LogP contribution in [0.5, 0.6) is 6.01 Å². The number of benzene rings is 1. The molecule has 1 fully saturated rings. The van der Waals surface area contributed by atoms with E-state index < -0.39 is 23.5 Å². The number of pyridine rings is 1. The van der Waals surface area contributed by atoms with Gasteiger partial charge in [-0.25, -0.2) is 4.98 Å². The van der Waals surface area contributed by atoms with E-state index in [-0.39, 0.29) is 49.3 Å². The number of methoxy groups -OCH3 is 1. The van der Waals surface area contributed by atoms with Gasteiger partial charge in [0.15, 0.2) is 5.82 Å². The zero-order valence-corrected chi connectivity index (χ0v) is 18.6.